The molecule has 1 aliphatic rings. The van der Waals surface area contributed by atoms with E-state index in [-0.39, 0.29) is 0 Å². The molecule has 0 radical (unpaired) electrons. The molecule has 1 saturated heterocycles. The van der Waals surface area contributed by atoms with E-state index >= 15 is 0 Å². The number of rotatable bonds is 5. The Labute approximate surface area is 96.4 Å². The van der Waals surface area contributed by atoms with Gasteiger partial charge in [-0.3, -0.25) is 4.90 Å². The van der Waals surface area contributed by atoms with E-state index in [2.05, 4.69) is 19.8 Å². The third-order valence-electron chi connectivity index (χ3n) is 2.92. The molecular formula is C11H20N4O. The third kappa shape index (κ3) is 3.04. The van der Waals surface area contributed by atoms with Gasteiger partial charge in [-0.25, -0.2) is 4.98 Å². The van der Waals surface area contributed by atoms with Crippen molar-refractivity contribution in [2.24, 2.45) is 0 Å². The Balaban J connectivity index is 1.81. The van der Waals surface area contributed by atoms with Crippen LogP contribution in [0.3, 0.4) is 0 Å². The maximum absolute atomic E-state index is 5.33. The summed E-state index contributed by atoms with van der Waals surface area (Å²) in [5, 5.41) is 3.15. The van der Waals surface area contributed by atoms with Crippen molar-refractivity contribution in [2.75, 3.05) is 39.9 Å². The minimum absolute atomic E-state index is 0.868. The molecule has 0 amide bonds. The smallest absolute Gasteiger partial charge is 0.0949 e. The molecule has 0 unspecified atom stereocenters. The van der Waals surface area contributed by atoms with Crippen LogP contribution in [0.25, 0.3) is 0 Å². The first-order chi connectivity index (χ1) is 7.90. The van der Waals surface area contributed by atoms with Crippen LogP contribution in [0.5, 0.6) is 0 Å². The molecule has 2 rings (SSSR count). The van der Waals surface area contributed by atoms with E-state index in [0.717, 1.165) is 45.9 Å². The van der Waals surface area contributed by atoms with Gasteiger partial charge in [-0.15, -0.1) is 0 Å². The summed E-state index contributed by atoms with van der Waals surface area (Å²) in [6.45, 7) is 6.81. The summed E-state index contributed by atoms with van der Waals surface area (Å²) in [5.74, 6) is 0. The van der Waals surface area contributed by atoms with Crippen molar-refractivity contribution in [3.05, 3.63) is 18.2 Å². The Kier molecular flexibility index (Phi) is 4.33. The molecule has 0 spiro atoms. The van der Waals surface area contributed by atoms with Gasteiger partial charge in [0.2, 0.25) is 0 Å². The van der Waals surface area contributed by atoms with E-state index in [0.29, 0.717) is 0 Å². The molecule has 1 N–H and O–H groups in total. The zero-order valence-corrected chi connectivity index (χ0v) is 9.85. The zero-order valence-electron chi connectivity index (χ0n) is 9.85. The topological polar surface area (TPSA) is 42.3 Å². The van der Waals surface area contributed by atoms with Crippen LogP contribution in [0.15, 0.2) is 12.5 Å². The Morgan fingerprint density at radius 1 is 1.38 bits per heavy atom. The highest BCUT2D eigenvalue weighted by molar-refractivity contribution is 4.97. The molecule has 16 heavy (non-hydrogen) atoms. The van der Waals surface area contributed by atoms with Crippen LogP contribution in [-0.2, 0) is 17.8 Å². The molecule has 1 aromatic rings. The van der Waals surface area contributed by atoms with E-state index < -0.39 is 0 Å². The van der Waals surface area contributed by atoms with Crippen molar-refractivity contribution in [3.8, 4) is 0 Å². The first kappa shape index (κ1) is 11.6. The van der Waals surface area contributed by atoms with Gasteiger partial charge in [0.25, 0.3) is 0 Å². The Hall–Kier alpha value is -0.910. The molecule has 90 valence electrons. The first-order valence-electron chi connectivity index (χ1n) is 5.84. The molecule has 0 saturated carbocycles. The van der Waals surface area contributed by atoms with E-state index in [9.17, 15) is 0 Å². The number of ether oxygens (including phenoxy) is 1. The Morgan fingerprint density at radius 3 is 2.94 bits per heavy atom. The van der Waals surface area contributed by atoms with E-state index in [1.54, 1.807) is 0 Å². The summed E-state index contributed by atoms with van der Waals surface area (Å²) in [7, 11) is 1.96. The number of nitrogens with one attached hydrogen (secondary N) is 1. The zero-order chi connectivity index (χ0) is 11.2. The summed E-state index contributed by atoms with van der Waals surface area (Å²) < 4.78 is 7.54. The molecule has 0 atom stereocenters. The monoisotopic (exact) mass is 224 g/mol. The second-order valence-corrected chi connectivity index (χ2v) is 4.06. The lowest BCUT2D eigenvalue weighted by molar-refractivity contribution is 0.0363. The maximum Gasteiger partial charge on any atom is 0.0949 e. The molecule has 1 fully saturated rings. The van der Waals surface area contributed by atoms with Crippen LogP contribution in [0.1, 0.15) is 5.69 Å². The van der Waals surface area contributed by atoms with Gasteiger partial charge in [-0.1, -0.05) is 0 Å². The SMILES string of the molecule is CNCc1cncn1CCN1CCOCC1. The molecule has 5 heteroatoms. The van der Waals surface area contributed by atoms with Crippen LogP contribution in [0.2, 0.25) is 0 Å². The minimum atomic E-state index is 0.868. The lowest BCUT2D eigenvalue weighted by atomic mass is 10.4. The molecular weight excluding hydrogens is 204 g/mol. The summed E-state index contributed by atoms with van der Waals surface area (Å²) in [6.07, 6.45) is 3.84. The van der Waals surface area contributed by atoms with Crippen molar-refractivity contribution in [1.29, 1.82) is 0 Å². The van der Waals surface area contributed by atoms with E-state index in [1.165, 1.54) is 5.69 Å². The number of nitrogens with zero attached hydrogens (tertiary/aromatic N) is 3. The van der Waals surface area contributed by atoms with Gasteiger partial charge in [0.15, 0.2) is 0 Å². The highest BCUT2D eigenvalue weighted by Gasteiger charge is 2.10. The van der Waals surface area contributed by atoms with Crippen molar-refractivity contribution in [1.82, 2.24) is 19.8 Å². The number of hydrogen-bond donors (Lipinski definition) is 1. The lowest BCUT2D eigenvalue weighted by Crippen LogP contribution is -2.38. The standard InChI is InChI=1S/C11H20N4O/c1-12-8-11-9-13-10-15(11)3-2-14-4-6-16-7-5-14/h9-10,12H,2-8H2,1H3. The number of aromatic nitrogens is 2. The minimum Gasteiger partial charge on any atom is -0.379 e. The normalized spacial score (nSPS) is 17.8. The third-order valence-corrected chi connectivity index (χ3v) is 2.92. The van der Waals surface area contributed by atoms with Gasteiger partial charge < -0.3 is 14.6 Å². The average molecular weight is 224 g/mol. The van der Waals surface area contributed by atoms with Crippen molar-refractivity contribution in [2.45, 2.75) is 13.1 Å². The molecule has 0 aromatic carbocycles. The van der Waals surface area contributed by atoms with Gasteiger partial charge >= 0.3 is 0 Å². The maximum atomic E-state index is 5.33. The largest absolute Gasteiger partial charge is 0.379 e. The van der Waals surface area contributed by atoms with Crippen LogP contribution < -0.4 is 5.32 Å². The number of imidazole rings is 1. The van der Waals surface area contributed by atoms with Crippen molar-refractivity contribution < 1.29 is 4.74 Å². The van der Waals surface area contributed by atoms with Crippen LogP contribution >= 0.6 is 0 Å². The number of hydrogen-bond acceptors (Lipinski definition) is 4. The second kappa shape index (κ2) is 5.98. The molecule has 1 aliphatic heterocycles. The van der Waals surface area contributed by atoms with Gasteiger partial charge in [-0.2, -0.15) is 0 Å². The first-order valence-corrected chi connectivity index (χ1v) is 5.84. The van der Waals surface area contributed by atoms with Gasteiger partial charge in [0.05, 0.1) is 25.2 Å². The predicted octanol–water partition coefficient (Wildman–Crippen LogP) is -0.0653. The fraction of sp³-hybridized carbons (Fsp3) is 0.727. The lowest BCUT2D eigenvalue weighted by Gasteiger charge is -2.26. The second-order valence-electron chi connectivity index (χ2n) is 4.06. The summed E-state index contributed by atoms with van der Waals surface area (Å²) in [5.41, 5.74) is 1.25. The average Bonchev–Trinajstić information content (AvgIpc) is 2.76. The van der Waals surface area contributed by atoms with E-state index in [1.807, 2.05) is 19.6 Å². The Morgan fingerprint density at radius 2 is 2.19 bits per heavy atom. The molecule has 0 bridgehead atoms. The van der Waals surface area contributed by atoms with E-state index in [4.69, 9.17) is 4.74 Å². The Bertz CT molecular complexity index is 307. The van der Waals surface area contributed by atoms with Crippen molar-refractivity contribution >= 4 is 0 Å². The molecule has 2 heterocycles. The summed E-state index contributed by atoms with van der Waals surface area (Å²) in [4.78, 5) is 6.62. The fourth-order valence-corrected chi connectivity index (χ4v) is 1.95. The molecule has 1 aromatic heterocycles. The summed E-state index contributed by atoms with van der Waals surface area (Å²) >= 11 is 0. The predicted molar refractivity (Wildman–Crippen MR) is 62.2 cm³/mol. The summed E-state index contributed by atoms with van der Waals surface area (Å²) in [6, 6.07) is 0. The fourth-order valence-electron chi connectivity index (χ4n) is 1.95. The highest BCUT2D eigenvalue weighted by atomic mass is 16.5. The quantitative estimate of drug-likeness (QED) is 0.760. The van der Waals surface area contributed by atoms with Gasteiger partial charge in [0, 0.05) is 38.9 Å². The van der Waals surface area contributed by atoms with Gasteiger partial charge in [0.1, 0.15) is 0 Å². The number of morpholine rings is 1. The van der Waals surface area contributed by atoms with Crippen LogP contribution in [0.4, 0.5) is 0 Å². The van der Waals surface area contributed by atoms with Gasteiger partial charge in [-0.05, 0) is 7.05 Å². The van der Waals surface area contributed by atoms with Crippen LogP contribution in [0, 0.1) is 0 Å². The highest BCUT2D eigenvalue weighted by Crippen LogP contribution is 2.01. The van der Waals surface area contributed by atoms with Crippen molar-refractivity contribution in [3.63, 3.8) is 0 Å². The molecule has 5 nitrogen and oxygen atoms in total. The molecule has 0 aliphatic carbocycles. The van der Waals surface area contributed by atoms with Crippen LogP contribution in [-0.4, -0.2) is 54.3 Å².